The van der Waals surface area contributed by atoms with E-state index in [1.807, 2.05) is 0 Å². The molecule has 3 atom stereocenters. The predicted molar refractivity (Wildman–Crippen MR) is 103 cm³/mol. The Balaban J connectivity index is 1.37. The minimum Gasteiger partial charge on any atom is -0.364 e. The summed E-state index contributed by atoms with van der Waals surface area (Å²) in [5, 5.41) is 11.0. The SMILES string of the molecule is O=C(c1cccc(F)c1-n1nccn1)N1CC2CC1[C@@H](Nc1cnc(C(F)(F)F)cn1)C2. The van der Waals surface area contributed by atoms with Crippen molar-refractivity contribution in [3.63, 3.8) is 0 Å². The van der Waals surface area contributed by atoms with E-state index < -0.39 is 17.7 Å². The van der Waals surface area contributed by atoms with Crippen LogP contribution in [0.1, 0.15) is 28.9 Å². The van der Waals surface area contributed by atoms with Gasteiger partial charge in [0.15, 0.2) is 11.5 Å². The molecule has 5 rings (SSSR count). The van der Waals surface area contributed by atoms with Crippen molar-refractivity contribution in [2.75, 3.05) is 11.9 Å². The number of benzene rings is 1. The van der Waals surface area contributed by atoms with Gasteiger partial charge in [0.25, 0.3) is 5.91 Å². The van der Waals surface area contributed by atoms with Crippen molar-refractivity contribution in [2.24, 2.45) is 5.92 Å². The molecule has 2 fully saturated rings. The minimum atomic E-state index is -4.56. The molecule has 12 heteroatoms. The molecule has 166 valence electrons. The van der Waals surface area contributed by atoms with Gasteiger partial charge in [-0.2, -0.15) is 23.4 Å². The first-order valence-corrected chi connectivity index (χ1v) is 9.93. The quantitative estimate of drug-likeness (QED) is 0.619. The number of likely N-dealkylation sites (tertiary alicyclic amines) is 1. The molecule has 1 amide bonds. The number of piperidine rings is 1. The van der Waals surface area contributed by atoms with Gasteiger partial charge in [0.2, 0.25) is 0 Å². The Hall–Kier alpha value is -3.57. The van der Waals surface area contributed by atoms with E-state index in [4.69, 9.17) is 0 Å². The lowest BCUT2D eigenvalue weighted by atomic mass is 10.0. The van der Waals surface area contributed by atoms with E-state index in [2.05, 4.69) is 25.5 Å². The van der Waals surface area contributed by atoms with E-state index in [9.17, 15) is 22.4 Å². The Morgan fingerprint density at radius 3 is 2.53 bits per heavy atom. The topological polar surface area (TPSA) is 88.8 Å². The van der Waals surface area contributed by atoms with Gasteiger partial charge in [-0.3, -0.25) is 4.79 Å². The number of carbonyl (C=O) groups is 1. The van der Waals surface area contributed by atoms with Crippen LogP contribution >= 0.6 is 0 Å². The van der Waals surface area contributed by atoms with Crippen LogP contribution in [0.3, 0.4) is 0 Å². The molecular weight excluding hydrogens is 430 g/mol. The smallest absolute Gasteiger partial charge is 0.364 e. The zero-order valence-corrected chi connectivity index (χ0v) is 16.5. The highest BCUT2D eigenvalue weighted by Gasteiger charge is 2.47. The summed E-state index contributed by atoms with van der Waals surface area (Å²) in [4.78, 5) is 23.3. The number of nitrogens with zero attached hydrogens (tertiary/aromatic N) is 6. The Kier molecular flexibility index (Phi) is 4.79. The number of hydrogen-bond donors (Lipinski definition) is 1. The highest BCUT2D eigenvalue weighted by Crippen LogP contribution is 2.40. The average molecular weight is 447 g/mol. The Morgan fingerprint density at radius 1 is 1.09 bits per heavy atom. The van der Waals surface area contributed by atoms with Crippen LogP contribution in [0, 0.1) is 11.7 Å². The van der Waals surface area contributed by atoms with E-state index in [0.29, 0.717) is 12.7 Å². The maximum absolute atomic E-state index is 14.5. The second-order valence-electron chi connectivity index (χ2n) is 7.85. The number of anilines is 1. The van der Waals surface area contributed by atoms with Crippen LogP contribution in [0.4, 0.5) is 23.4 Å². The van der Waals surface area contributed by atoms with Crippen molar-refractivity contribution < 1.29 is 22.4 Å². The molecule has 1 N–H and O–H groups in total. The summed E-state index contributed by atoms with van der Waals surface area (Å²) >= 11 is 0. The van der Waals surface area contributed by atoms with E-state index in [1.54, 1.807) is 4.90 Å². The van der Waals surface area contributed by atoms with Gasteiger partial charge in [-0.25, -0.2) is 14.4 Å². The summed E-state index contributed by atoms with van der Waals surface area (Å²) in [7, 11) is 0. The van der Waals surface area contributed by atoms with Crippen molar-refractivity contribution >= 4 is 11.7 Å². The lowest BCUT2D eigenvalue weighted by molar-refractivity contribution is -0.141. The number of aromatic nitrogens is 5. The second-order valence-corrected chi connectivity index (χ2v) is 7.85. The van der Waals surface area contributed by atoms with Crippen LogP contribution in [-0.2, 0) is 6.18 Å². The van der Waals surface area contributed by atoms with Crippen LogP contribution < -0.4 is 5.32 Å². The molecule has 1 saturated carbocycles. The molecule has 1 aliphatic heterocycles. The molecule has 3 heterocycles. The molecular formula is C20H17F4N7O. The summed E-state index contributed by atoms with van der Waals surface area (Å²) in [5.74, 6) is -0.542. The largest absolute Gasteiger partial charge is 0.434 e. The van der Waals surface area contributed by atoms with Crippen molar-refractivity contribution in [3.8, 4) is 5.69 Å². The maximum Gasteiger partial charge on any atom is 0.434 e. The molecule has 2 aromatic heterocycles. The molecule has 2 unspecified atom stereocenters. The van der Waals surface area contributed by atoms with E-state index in [-0.39, 0.29) is 41.0 Å². The normalized spacial score (nSPS) is 22.4. The number of rotatable bonds is 4. The molecule has 3 aromatic rings. The number of halogens is 4. The molecule has 2 aliphatic rings. The third kappa shape index (κ3) is 3.55. The van der Waals surface area contributed by atoms with Gasteiger partial charge in [0.05, 0.1) is 36.4 Å². The first-order valence-electron chi connectivity index (χ1n) is 9.93. The molecule has 1 saturated heterocycles. The van der Waals surface area contributed by atoms with Crippen LogP contribution in [0.5, 0.6) is 0 Å². The summed E-state index contributed by atoms with van der Waals surface area (Å²) in [6, 6.07) is 3.80. The van der Waals surface area contributed by atoms with Gasteiger partial charge in [-0.15, -0.1) is 4.80 Å². The molecule has 0 radical (unpaired) electrons. The van der Waals surface area contributed by atoms with Gasteiger partial charge in [0.1, 0.15) is 11.5 Å². The highest BCUT2D eigenvalue weighted by molar-refractivity contribution is 5.98. The van der Waals surface area contributed by atoms with E-state index >= 15 is 0 Å². The molecule has 2 bridgehead atoms. The van der Waals surface area contributed by atoms with Crippen LogP contribution in [0.2, 0.25) is 0 Å². The Labute approximate surface area is 179 Å². The van der Waals surface area contributed by atoms with Gasteiger partial charge >= 0.3 is 6.18 Å². The summed E-state index contributed by atoms with van der Waals surface area (Å²) < 4.78 is 52.7. The summed E-state index contributed by atoms with van der Waals surface area (Å²) in [5.41, 5.74) is -0.955. The van der Waals surface area contributed by atoms with E-state index in [1.165, 1.54) is 30.6 Å². The summed E-state index contributed by atoms with van der Waals surface area (Å²) in [6.45, 7) is 0.517. The van der Waals surface area contributed by atoms with Crippen molar-refractivity contribution in [2.45, 2.75) is 31.1 Å². The number of nitrogens with one attached hydrogen (secondary N) is 1. The lowest BCUT2D eigenvalue weighted by Crippen LogP contribution is -2.48. The number of carbonyl (C=O) groups excluding carboxylic acids is 1. The monoisotopic (exact) mass is 447 g/mol. The predicted octanol–water partition coefficient (Wildman–Crippen LogP) is 2.93. The van der Waals surface area contributed by atoms with Crippen LogP contribution in [0.15, 0.2) is 43.0 Å². The molecule has 32 heavy (non-hydrogen) atoms. The fourth-order valence-corrected chi connectivity index (χ4v) is 4.53. The minimum absolute atomic E-state index is 0.0246. The Morgan fingerprint density at radius 2 is 1.88 bits per heavy atom. The number of alkyl halides is 3. The number of fused-ring (bicyclic) bond motifs is 2. The summed E-state index contributed by atoms with van der Waals surface area (Å²) in [6.07, 6.45) is 1.42. The maximum atomic E-state index is 14.5. The van der Waals surface area contributed by atoms with Crippen LogP contribution in [0.25, 0.3) is 5.69 Å². The van der Waals surface area contributed by atoms with E-state index in [0.717, 1.165) is 23.8 Å². The number of hydrogen-bond acceptors (Lipinski definition) is 6. The fourth-order valence-electron chi connectivity index (χ4n) is 4.53. The highest BCUT2D eigenvalue weighted by atomic mass is 19.4. The number of amides is 1. The van der Waals surface area contributed by atoms with Gasteiger partial charge in [-0.05, 0) is 30.9 Å². The lowest BCUT2D eigenvalue weighted by Gasteiger charge is -2.34. The Bertz CT molecular complexity index is 1130. The third-order valence-electron chi connectivity index (χ3n) is 5.85. The van der Waals surface area contributed by atoms with Crippen molar-refractivity contribution in [1.82, 2.24) is 29.9 Å². The molecule has 1 aliphatic carbocycles. The molecule has 1 aromatic carbocycles. The number of para-hydroxylation sites is 1. The first kappa shape index (κ1) is 20.3. The van der Waals surface area contributed by atoms with Gasteiger partial charge < -0.3 is 10.2 Å². The van der Waals surface area contributed by atoms with Gasteiger partial charge in [-0.1, -0.05) is 6.07 Å². The zero-order valence-electron chi connectivity index (χ0n) is 16.5. The van der Waals surface area contributed by atoms with Crippen molar-refractivity contribution in [1.29, 1.82) is 0 Å². The molecule has 0 spiro atoms. The van der Waals surface area contributed by atoms with Gasteiger partial charge in [0, 0.05) is 12.6 Å². The molecule has 8 nitrogen and oxygen atoms in total. The first-order chi connectivity index (χ1) is 15.3. The van der Waals surface area contributed by atoms with Crippen molar-refractivity contribution in [3.05, 3.63) is 60.1 Å². The third-order valence-corrected chi connectivity index (χ3v) is 5.85. The average Bonchev–Trinajstić information content (AvgIpc) is 3.50. The fraction of sp³-hybridized carbons (Fsp3) is 0.350. The van der Waals surface area contributed by atoms with Crippen LogP contribution in [-0.4, -0.2) is 54.4 Å². The zero-order chi connectivity index (χ0) is 22.5. The second kappa shape index (κ2) is 7.53. The standard InChI is InChI=1S/C20H17F4N7O/c21-13-3-1-2-12(18(13)31-27-4-5-28-31)19(32)30-10-11-6-14(15(30)7-11)29-17-9-25-16(8-26-17)20(22,23)24/h1-5,8-9,11,14-15H,6-7,10H2,(H,26,29)/t11?,14-,15?/m0/s1.